The molecule has 5 nitrogen and oxygen atoms in total. The topological polar surface area (TPSA) is 92.7 Å². The van der Waals surface area contributed by atoms with Gasteiger partial charge >= 0.3 is 0 Å². The standard InChI is InChI=1S/C13H19N5/c1-8-3-4-10(5-9(8)2)6-12(17-15)11-7-16-18-13(11)14/h3-5,7,12,17H,6,15H2,1-2H3,(H3,14,16,18). The van der Waals surface area contributed by atoms with Gasteiger partial charge in [-0.3, -0.25) is 16.4 Å². The SMILES string of the molecule is Cc1ccc(CC(NN)c2cn[nH]c2N)cc1C. The summed E-state index contributed by atoms with van der Waals surface area (Å²) in [4.78, 5) is 0. The van der Waals surface area contributed by atoms with E-state index in [0.29, 0.717) is 5.82 Å². The predicted octanol–water partition coefficient (Wildman–Crippen LogP) is 1.36. The van der Waals surface area contributed by atoms with E-state index < -0.39 is 0 Å². The van der Waals surface area contributed by atoms with Gasteiger partial charge in [0.25, 0.3) is 0 Å². The van der Waals surface area contributed by atoms with E-state index in [0.717, 1.165) is 12.0 Å². The largest absolute Gasteiger partial charge is 0.384 e. The number of anilines is 1. The van der Waals surface area contributed by atoms with Gasteiger partial charge in [0.05, 0.1) is 12.2 Å². The van der Waals surface area contributed by atoms with Gasteiger partial charge in [0.2, 0.25) is 0 Å². The van der Waals surface area contributed by atoms with Crippen molar-refractivity contribution in [2.45, 2.75) is 26.3 Å². The molecule has 1 atom stereocenters. The van der Waals surface area contributed by atoms with E-state index in [2.05, 4.69) is 47.7 Å². The number of nitrogen functional groups attached to an aromatic ring is 1. The Bertz CT molecular complexity index is 532. The third-order valence-corrected chi connectivity index (χ3v) is 3.29. The molecule has 0 fully saturated rings. The third-order valence-electron chi connectivity index (χ3n) is 3.29. The fourth-order valence-electron chi connectivity index (χ4n) is 2.01. The first-order valence-corrected chi connectivity index (χ1v) is 5.93. The van der Waals surface area contributed by atoms with Gasteiger partial charge in [-0.15, -0.1) is 0 Å². The van der Waals surface area contributed by atoms with Crippen LogP contribution in [-0.2, 0) is 6.42 Å². The number of hydrazine groups is 1. The first-order chi connectivity index (χ1) is 8.61. The molecule has 18 heavy (non-hydrogen) atoms. The van der Waals surface area contributed by atoms with Gasteiger partial charge < -0.3 is 5.73 Å². The zero-order valence-electron chi connectivity index (χ0n) is 10.7. The van der Waals surface area contributed by atoms with Crippen molar-refractivity contribution in [3.8, 4) is 0 Å². The quantitative estimate of drug-likeness (QED) is 0.483. The smallest absolute Gasteiger partial charge is 0.123 e. The number of benzene rings is 1. The number of nitrogens with one attached hydrogen (secondary N) is 2. The molecule has 96 valence electrons. The van der Waals surface area contributed by atoms with Crippen LogP contribution in [0.15, 0.2) is 24.4 Å². The Morgan fingerprint density at radius 2 is 2.11 bits per heavy atom. The second kappa shape index (κ2) is 5.20. The number of hydrogen-bond donors (Lipinski definition) is 4. The highest BCUT2D eigenvalue weighted by Crippen LogP contribution is 2.22. The molecule has 0 spiro atoms. The van der Waals surface area contributed by atoms with Crippen LogP contribution in [0, 0.1) is 13.8 Å². The maximum absolute atomic E-state index is 5.81. The molecule has 1 heterocycles. The van der Waals surface area contributed by atoms with Crippen LogP contribution in [0.1, 0.15) is 28.3 Å². The summed E-state index contributed by atoms with van der Waals surface area (Å²) in [7, 11) is 0. The van der Waals surface area contributed by atoms with Crippen molar-refractivity contribution in [2.24, 2.45) is 5.84 Å². The van der Waals surface area contributed by atoms with Crippen LogP contribution in [0.3, 0.4) is 0 Å². The Kier molecular flexibility index (Phi) is 3.64. The van der Waals surface area contributed by atoms with E-state index in [1.54, 1.807) is 6.20 Å². The molecule has 0 saturated carbocycles. The first-order valence-electron chi connectivity index (χ1n) is 5.93. The fraction of sp³-hybridized carbons (Fsp3) is 0.308. The minimum absolute atomic E-state index is 0.0362. The summed E-state index contributed by atoms with van der Waals surface area (Å²) in [6, 6.07) is 6.38. The van der Waals surface area contributed by atoms with E-state index >= 15 is 0 Å². The lowest BCUT2D eigenvalue weighted by Crippen LogP contribution is -2.29. The van der Waals surface area contributed by atoms with E-state index in [9.17, 15) is 0 Å². The molecule has 0 aliphatic heterocycles. The van der Waals surface area contributed by atoms with E-state index in [1.165, 1.54) is 16.7 Å². The second-order valence-electron chi connectivity index (χ2n) is 4.58. The zero-order chi connectivity index (χ0) is 13.1. The lowest BCUT2D eigenvalue weighted by Gasteiger charge is -2.16. The third kappa shape index (κ3) is 2.52. The summed E-state index contributed by atoms with van der Waals surface area (Å²) in [5, 5.41) is 6.64. The van der Waals surface area contributed by atoms with Crippen LogP contribution in [0.5, 0.6) is 0 Å². The molecule has 0 aliphatic carbocycles. The summed E-state index contributed by atoms with van der Waals surface area (Å²) in [5.41, 5.74) is 13.3. The van der Waals surface area contributed by atoms with E-state index in [4.69, 9.17) is 11.6 Å². The Morgan fingerprint density at radius 1 is 1.33 bits per heavy atom. The molecule has 1 aromatic heterocycles. The maximum Gasteiger partial charge on any atom is 0.123 e. The lowest BCUT2D eigenvalue weighted by molar-refractivity contribution is 0.553. The molecule has 0 saturated heterocycles. The Hall–Kier alpha value is -1.85. The molecular weight excluding hydrogens is 226 g/mol. The minimum Gasteiger partial charge on any atom is -0.384 e. The van der Waals surface area contributed by atoms with Crippen molar-refractivity contribution >= 4 is 5.82 Å². The Balaban J connectivity index is 2.20. The van der Waals surface area contributed by atoms with Crippen molar-refractivity contribution in [1.29, 1.82) is 0 Å². The highest BCUT2D eigenvalue weighted by molar-refractivity contribution is 5.40. The molecule has 0 aliphatic rings. The number of nitrogens with two attached hydrogens (primary N) is 2. The number of hydrogen-bond acceptors (Lipinski definition) is 4. The van der Waals surface area contributed by atoms with Crippen LogP contribution in [0.4, 0.5) is 5.82 Å². The molecule has 0 amide bonds. The van der Waals surface area contributed by atoms with Crippen molar-refractivity contribution in [3.05, 3.63) is 46.6 Å². The predicted molar refractivity (Wildman–Crippen MR) is 72.7 cm³/mol. The van der Waals surface area contributed by atoms with Crippen molar-refractivity contribution in [2.75, 3.05) is 5.73 Å². The molecular formula is C13H19N5. The van der Waals surface area contributed by atoms with Crippen molar-refractivity contribution in [3.63, 3.8) is 0 Å². The summed E-state index contributed by atoms with van der Waals surface area (Å²) in [6.07, 6.45) is 2.49. The van der Waals surface area contributed by atoms with Crippen LogP contribution < -0.4 is 17.0 Å². The van der Waals surface area contributed by atoms with Gasteiger partial charge in [0.15, 0.2) is 0 Å². The molecule has 1 unspecified atom stereocenters. The van der Waals surface area contributed by atoms with Gasteiger partial charge in [0.1, 0.15) is 5.82 Å². The van der Waals surface area contributed by atoms with E-state index in [1.807, 2.05) is 0 Å². The van der Waals surface area contributed by atoms with Gasteiger partial charge in [-0.05, 0) is 37.0 Å². The Morgan fingerprint density at radius 3 is 2.67 bits per heavy atom. The molecule has 0 bridgehead atoms. The van der Waals surface area contributed by atoms with Gasteiger partial charge in [-0.2, -0.15) is 5.10 Å². The maximum atomic E-state index is 5.81. The zero-order valence-corrected chi connectivity index (χ0v) is 10.7. The molecule has 5 heteroatoms. The molecule has 2 rings (SSSR count). The highest BCUT2D eigenvalue weighted by Gasteiger charge is 2.15. The fourth-order valence-corrected chi connectivity index (χ4v) is 2.01. The highest BCUT2D eigenvalue weighted by atomic mass is 15.2. The lowest BCUT2D eigenvalue weighted by atomic mass is 9.98. The first kappa shape index (κ1) is 12.6. The van der Waals surface area contributed by atoms with Crippen LogP contribution in [-0.4, -0.2) is 10.2 Å². The summed E-state index contributed by atoms with van der Waals surface area (Å²) in [6.45, 7) is 4.21. The van der Waals surface area contributed by atoms with E-state index in [-0.39, 0.29) is 6.04 Å². The summed E-state index contributed by atoms with van der Waals surface area (Å²) in [5.74, 6) is 6.16. The van der Waals surface area contributed by atoms with Gasteiger partial charge in [-0.1, -0.05) is 18.2 Å². The second-order valence-corrected chi connectivity index (χ2v) is 4.58. The average molecular weight is 245 g/mol. The average Bonchev–Trinajstić information content (AvgIpc) is 2.77. The number of aromatic nitrogens is 2. The number of nitrogens with zero attached hydrogens (tertiary/aromatic N) is 1. The van der Waals surface area contributed by atoms with Gasteiger partial charge in [-0.25, -0.2) is 0 Å². The van der Waals surface area contributed by atoms with Gasteiger partial charge in [0, 0.05) is 5.56 Å². The Labute approximate surface area is 107 Å². The van der Waals surface area contributed by atoms with Crippen LogP contribution in [0.2, 0.25) is 0 Å². The summed E-state index contributed by atoms with van der Waals surface area (Å²) >= 11 is 0. The van der Waals surface area contributed by atoms with Crippen LogP contribution in [0.25, 0.3) is 0 Å². The number of rotatable bonds is 4. The number of aryl methyl sites for hydroxylation is 2. The normalized spacial score (nSPS) is 12.6. The molecule has 1 aromatic carbocycles. The van der Waals surface area contributed by atoms with Crippen molar-refractivity contribution in [1.82, 2.24) is 15.6 Å². The molecule has 2 aromatic rings. The monoisotopic (exact) mass is 245 g/mol. The number of H-pyrrole nitrogens is 1. The van der Waals surface area contributed by atoms with Crippen molar-refractivity contribution < 1.29 is 0 Å². The summed E-state index contributed by atoms with van der Waals surface area (Å²) < 4.78 is 0. The minimum atomic E-state index is -0.0362. The molecule has 0 radical (unpaired) electrons. The van der Waals surface area contributed by atoms with Crippen LogP contribution >= 0.6 is 0 Å². The number of aromatic amines is 1. The molecule has 6 N–H and O–H groups in total.